The lowest BCUT2D eigenvalue weighted by molar-refractivity contribution is -0.121. The van der Waals surface area contributed by atoms with Crippen LogP contribution in [0.15, 0.2) is 28.8 Å². The maximum absolute atomic E-state index is 14.2. The first-order valence-corrected chi connectivity index (χ1v) is 8.18. The minimum atomic E-state index is -0.752. The Balaban J connectivity index is 1.72. The molecule has 2 unspecified atom stereocenters. The molecule has 6 nitrogen and oxygen atoms in total. The first-order chi connectivity index (χ1) is 11.6. The second-order valence-corrected chi connectivity index (χ2v) is 6.09. The van der Waals surface area contributed by atoms with Gasteiger partial charge in [-0.2, -0.15) is 4.98 Å². The van der Waals surface area contributed by atoms with Gasteiger partial charge in [-0.15, -0.1) is 0 Å². The number of hydrogen-bond acceptors (Lipinski definition) is 5. The molecule has 1 aliphatic heterocycles. The summed E-state index contributed by atoms with van der Waals surface area (Å²) in [7, 11) is 0. The topological polar surface area (TPSA) is 80.0 Å². The molecule has 2 heterocycles. The summed E-state index contributed by atoms with van der Waals surface area (Å²) in [5.41, 5.74) is 0.328. The molecule has 1 aromatic heterocycles. The standard InChI is InChI=1S/C17H21FN4O2/c1-11-20-17(22-24-11)16(13-4-2-3-5-14(13)18)21-15(23)7-6-12-8-9-19-10-12/h2-5,12,16,19H,6-10H2,1H3,(H,21,23). The molecule has 1 amide bonds. The SMILES string of the molecule is Cc1nc(C(NC(=O)CCC2CCNC2)c2ccccc2F)no1. The highest BCUT2D eigenvalue weighted by Crippen LogP contribution is 2.23. The summed E-state index contributed by atoms with van der Waals surface area (Å²) >= 11 is 0. The van der Waals surface area contributed by atoms with E-state index in [4.69, 9.17) is 4.52 Å². The highest BCUT2D eigenvalue weighted by atomic mass is 19.1. The summed E-state index contributed by atoms with van der Waals surface area (Å²) in [4.78, 5) is 16.5. The van der Waals surface area contributed by atoms with E-state index >= 15 is 0 Å². The van der Waals surface area contributed by atoms with Crippen molar-refractivity contribution in [3.8, 4) is 0 Å². The fraction of sp³-hybridized carbons (Fsp3) is 0.471. The number of aromatic nitrogens is 2. The third kappa shape index (κ3) is 3.97. The fourth-order valence-corrected chi connectivity index (χ4v) is 2.95. The van der Waals surface area contributed by atoms with Crippen molar-refractivity contribution in [2.75, 3.05) is 13.1 Å². The van der Waals surface area contributed by atoms with Gasteiger partial charge in [0.1, 0.15) is 11.9 Å². The van der Waals surface area contributed by atoms with Crippen LogP contribution in [-0.2, 0) is 4.79 Å². The molecule has 0 bridgehead atoms. The molecule has 24 heavy (non-hydrogen) atoms. The number of carbonyl (C=O) groups is 1. The normalized spacial score (nSPS) is 18.5. The van der Waals surface area contributed by atoms with Crippen molar-refractivity contribution in [3.05, 3.63) is 47.4 Å². The van der Waals surface area contributed by atoms with Gasteiger partial charge >= 0.3 is 0 Å². The smallest absolute Gasteiger partial charge is 0.223 e. The van der Waals surface area contributed by atoms with E-state index in [1.54, 1.807) is 25.1 Å². The van der Waals surface area contributed by atoms with E-state index in [0.717, 1.165) is 25.9 Å². The quantitative estimate of drug-likeness (QED) is 0.847. The molecule has 2 atom stereocenters. The Morgan fingerprint density at radius 1 is 1.50 bits per heavy atom. The molecule has 3 rings (SSSR count). The first kappa shape index (κ1) is 16.6. The molecule has 128 valence electrons. The Morgan fingerprint density at radius 3 is 3.00 bits per heavy atom. The largest absolute Gasteiger partial charge is 0.342 e. The second kappa shape index (κ2) is 7.53. The molecule has 2 N–H and O–H groups in total. The van der Waals surface area contributed by atoms with Gasteiger partial charge in [0.2, 0.25) is 11.8 Å². The number of carbonyl (C=O) groups excluding carboxylic acids is 1. The second-order valence-electron chi connectivity index (χ2n) is 6.09. The Morgan fingerprint density at radius 2 is 2.33 bits per heavy atom. The Labute approximate surface area is 139 Å². The van der Waals surface area contributed by atoms with Crippen LogP contribution in [0, 0.1) is 18.7 Å². The molecule has 0 saturated carbocycles. The summed E-state index contributed by atoms with van der Waals surface area (Å²) in [6.07, 6.45) is 2.30. The lowest BCUT2D eigenvalue weighted by Gasteiger charge is -2.17. The van der Waals surface area contributed by atoms with Crippen LogP contribution >= 0.6 is 0 Å². The van der Waals surface area contributed by atoms with E-state index < -0.39 is 11.9 Å². The molecule has 1 aromatic carbocycles. The van der Waals surface area contributed by atoms with Crippen molar-refractivity contribution < 1.29 is 13.7 Å². The van der Waals surface area contributed by atoms with Crippen LogP contribution in [-0.4, -0.2) is 29.1 Å². The van der Waals surface area contributed by atoms with E-state index in [0.29, 0.717) is 23.8 Å². The van der Waals surface area contributed by atoms with Crippen molar-refractivity contribution in [1.29, 1.82) is 0 Å². The minimum absolute atomic E-state index is 0.141. The van der Waals surface area contributed by atoms with Crippen LogP contribution in [0.3, 0.4) is 0 Å². The zero-order chi connectivity index (χ0) is 16.9. The van der Waals surface area contributed by atoms with Gasteiger partial charge in [0.25, 0.3) is 0 Å². The van der Waals surface area contributed by atoms with Crippen LogP contribution in [0.4, 0.5) is 4.39 Å². The van der Waals surface area contributed by atoms with E-state index in [-0.39, 0.29) is 11.7 Å². The summed E-state index contributed by atoms with van der Waals surface area (Å²) in [6, 6.07) is 5.54. The summed E-state index contributed by atoms with van der Waals surface area (Å²) in [5, 5.41) is 9.98. The molecule has 2 aromatic rings. The highest BCUT2D eigenvalue weighted by Gasteiger charge is 2.25. The van der Waals surface area contributed by atoms with Gasteiger partial charge in [0, 0.05) is 18.9 Å². The monoisotopic (exact) mass is 332 g/mol. The number of amides is 1. The van der Waals surface area contributed by atoms with Gasteiger partial charge in [-0.3, -0.25) is 4.79 Å². The number of aryl methyl sites for hydroxylation is 1. The summed E-state index contributed by atoms with van der Waals surface area (Å²) in [6.45, 7) is 3.62. The van der Waals surface area contributed by atoms with E-state index in [1.807, 2.05) is 0 Å². The van der Waals surface area contributed by atoms with Crippen molar-refractivity contribution in [2.24, 2.45) is 5.92 Å². The van der Waals surface area contributed by atoms with Crippen LogP contribution < -0.4 is 10.6 Å². The van der Waals surface area contributed by atoms with E-state index in [9.17, 15) is 9.18 Å². The Kier molecular flexibility index (Phi) is 5.20. The molecule has 0 radical (unpaired) electrons. The van der Waals surface area contributed by atoms with Crippen LogP contribution in [0.2, 0.25) is 0 Å². The van der Waals surface area contributed by atoms with Crippen LogP contribution in [0.25, 0.3) is 0 Å². The maximum Gasteiger partial charge on any atom is 0.223 e. The predicted molar refractivity (Wildman–Crippen MR) is 85.6 cm³/mol. The Bertz CT molecular complexity index is 697. The van der Waals surface area contributed by atoms with Crippen molar-refractivity contribution in [2.45, 2.75) is 32.2 Å². The number of benzene rings is 1. The van der Waals surface area contributed by atoms with Crippen molar-refractivity contribution in [3.63, 3.8) is 0 Å². The predicted octanol–water partition coefficient (Wildman–Crippen LogP) is 2.11. The highest BCUT2D eigenvalue weighted by molar-refractivity contribution is 5.76. The molecule has 0 spiro atoms. The summed E-state index contributed by atoms with van der Waals surface area (Å²) < 4.78 is 19.2. The average molecular weight is 332 g/mol. The first-order valence-electron chi connectivity index (χ1n) is 8.18. The third-order valence-corrected chi connectivity index (χ3v) is 4.27. The van der Waals surface area contributed by atoms with E-state index in [1.165, 1.54) is 6.07 Å². The van der Waals surface area contributed by atoms with Gasteiger partial charge in [0.15, 0.2) is 5.82 Å². The van der Waals surface area contributed by atoms with Gasteiger partial charge in [-0.1, -0.05) is 23.4 Å². The number of hydrogen-bond donors (Lipinski definition) is 2. The number of rotatable bonds is 6. The van der Waals surface area contributed by atoms with Gasteiger partial charge in [-0.05, 0) is 37.9 Å². The number of nitrogens with zero attached hydrogens (tertiary/aromatic N) is 2. The van der Waals surface area contributed by atoms with Crippen LogP contribution in [0.1, 0.15) is 42.6 Å². The van der Waals surface area contributed by atoms with Crippen molar-refractivity contribution in [1.82, 2.24) is 20.8 Å². The molecule has 1 saturated heterocycles. The molecular weight excluding hydrogens is 311 g/mol. The molecular formula is C17H21FN4O2. The van der Waals surface area contributed by atoms with Crippen molar-refractivity contribution >= 4 is 5.91 Å². The minimum Gasteiger partial charge on any atom is -0.342 e. The van der Waals surface area contributed by atoms with E-state index in [2.05, 4.69) is 20.8 Å². The van der Waals surface area contributed by atoms with Gasteiger partial charge in [0.05, 0.1) is 0 Å². The Hall–Kier alpha value is -2.28. The lowest BCUT2D eigenvalue weighted by Crippen LogP contribution is -2.31. The fourth-order valence-electron chi connectivity index (χ4n) is 2.95. The zero-order valence-corrected chi connectivity index (χ0v) is 13.6. The molecule has 1 aliphatic rings. The zero-order valence-electron chi connectivity index (χ0n) is 13.6. The number of halogens is 1. The summed E-state index contributed by atoms with van der Waals surface area (Å²) in [5.74, 6) is 0.601. The van der Waals surface area contributed by atoms with Gasteiger partial charge in [-0.25, -0.2) is 4.39 Å². The third-order valence-electron chi connectivity index (χ3n) is 4.27. The lowest BCUT2D eigenvalue weighted by atomic mass is 10.0. The molecule has 0 aliphatic carbocycles. The van der Waals surface area contributed by atoms with Gasteiger partial charge < -0.3 is 15.2 Å². The molecule has 7 heteroatoms. The number of nitrogens with one attached hydrogen (secondary N) is 2. The maximum atomic E-state index is 14.2. The average Bonchev–Trinajstić information content (AvgIpc) is 3.23. The molecule has 1 fully saturated rings. The van der Waals surface area contributed by atoms with Crippen LogP contribution in [0.5, 0.6) is 0 Å².